The highest BCUT2D eigenvalue weighted by atomic mass is 16.1. The second-order valence-corrected chi connectivity index (χ2v) is 7.67. The molecule has 156 valence electrons. The van der Waals surface area contributed by atoms with Crippen LogP contribution < -0.4 is 10.9 Å². The average Bonchev–Trinajstić information content (AvgIpc) is 2.81. The first kappa shape index (κ1) is 20.5. The molecule has 0 aliphatic rings. The van der Waals surface area contributed by atoms with Crippen molar-refractivity contribution in [1.82, 2.24) is 20.3 Å². The average molecular weight is 412 g/mol. The monoisotopic (exact) mass is 412 g/mol. The number of nitrogens with zero attached hydrogens (tertiary/aromatic N) is 3. The maximum absolute atomic E-state index is 12.6. The molecular weight excluding hydrogens is 388 g/mol. The number of aryl methyl sites for hydroxylation is 1. The van der Waals surface area contributed by atoms with E-state index in [-0.39, 0.29) is 17.5 Å². The number of benzene rings is 3. The van der Waals surface area contributed by atoms with Crippen LogP contribution in [0, 0.1) is 0 Å². The highest BCUT2D eigenvalue weighted by Gasteiger charge is 2.11. The summed E-state index contributed by atoms with van der Waals surface area (Å²) in [7, 11) is 0. The predicted molar refractivity (Wildman–Crippen MR) is 121 cm³/mol. The molecule has 1 aromatic heterocycles. The molecule has 1 amide bonds. The van der Waals surface area contributed by atoms with Gasteiger partial charge in [-0.1, -0.05) is 59.8 Å². The number of rotatable bonds is 7. The van der Waals surface area contributed by atoms with Gasteiger partial charge >= 0.3 is 0 Å². The summed E-state index contributed by atoms with van der Waals surface area (Å²) in [6.07, 6.45) is 1.79. The Hall–Kier alpha value is -3.80. The van der Waals surface area contributed by atoms with Crippen molar-refractivity contribution in [2.45, 2.75) is 32.4 Å². The molecule has 4 aromatic rings. The number of hydrogen-bond acceptors (Lipinski definition) is 4. The third-order valence-corrected chi connectivity index (χ3v) is 5.26. The van der Waals surface area contributed by atoms with Gasteiger partial charge in [0.25, 0.3) is 11.5 Å². The summed E-state index contributed by atoms with van der Waals surface area (Å²) in [6, 6.07) is 24.7. The zero-order valence-electron chi connectivity index (χ0n) is 17.4. The molecule has 0 aliphatic carbocycles. The normalized spacial score (nSPS) is 11.9. The smallest absolute Gasteiger partial charge is 0.277 e. The predicted octanol–water partition coefficient (Wildman–Crippen LogP) is 3.59. The van der Waals surface area contributed by atoms with Gasteiger partial charge < -0.3 is 5.32 Å². The Balaban J connectivity index is 1.37. The van der Waals surface area contributed by atoms with Gasteiger partial charge in [-0.3, -0.25) is 9.59 Å². The van der Waals surface area contributed by atoms with Crippen molar-refractivity contribution in [2.75, 3.05) is 0 Å². The summed E-state index contributed by atoms with van der Waals surface area (Å²) in [5, 5.41) is 11.7. The largest absolute Gasteiger partial charge is 0.350 e. The highest BCUT2D eigenvalue weighted by molar-refractivity contribution is 5.94. The van der Waals surface area contributed by atoms with Crippen LogP contribution in [0.4, 0.5) is 0 Å². The van der Waals surface area contributed by atoms with E-state index in [4.69, 9.17) is 0 Å². The maximum atomic E-state index is 12.6. The van der Waals surface area contributed by atoms with Gasteiger partial charge in [-0.05, 0) is 55.2 Å². The fourth-order valence-corrected chi connectivity index (χ4v) is 3.47. The third-order valence-electron chi connectivity index (χ3n) is 5.26. The minimum Gasteiger partial charge on any atom is -0.350 e. The SMILES string of the molecule is C[C@@H](CCc1ccccc1)NC(=O)c1ccc(Cn2nnc3ccccc3c2=O)cc1. The topological polar surface area (TPSA) is 76.9 Å². The quantitative estimate of drug-likeness (QED) is 0.503. The molecule has 6 heteroatoms. The van der Waals surface area contributed by atoms with Crippen molar-refractivity contribution in [3.8, 4) is 0 Å². The molecule has 1 heterocycles. The molecule has 6 nitrogen and oxygen atoms in total. The number of aromatic nitrogens is 3. The van der Waals surface area contributed by atoms with E-state index < -0.39 is 0 Å². The van der Waals surface area contributed by atoms with E-state index in [1.54, 1.807) is 24.3 Å². The molecule has 0 aliphatic heterocycles. The zero-order chi connectivity index (χ0) is 21.6. The van der Waals surface area contributed by atoms with Gasteiger partial charge in [-0.25, -0.2) is 4.68 Å². The van der Waals surface area contributed by atoms with Crippen molar-refractivity contribution >= 4 is 16.8 Å². The van der Waals surface area contributed by atoms with Gasteiger partial charge in [-0.2, -0.15) is 0 Å². The van der Waals surface area contributed by atoms with Gasteiger partial charge in [0, 0.05) is 11.6 Å². The molecule has 0 spiro atoms. The number of nitrogens with one attached hydrogen (secondary N) is 1. The second kappa shape index (κ2) is 9.34. The minimum absolute atomic E-state index is 0.0684. The first-order chi connectivity index (χ1) is 15.1. The van der Waals surface area contributed by atoms with Crippen molar-refractivity contribution in [1.29, 1.82) is 0 Å². The van der Waals surface area contributed by atoms with Crippen molar-refractivity contribution in [2.24, 2.45) is 0 Å². The van der Waals surface area contributed by atoms with Gasteiger partial charge in [0.2, 0.25) is 0 Å². The Bertz CT molecular complexity index is 1230. The van der Waals surface area contributed by atoms with Crippen LogP contribution in [0.2, 0.25) is 0 Å². The van der Waals surface area contributed by atoms with Crippen LogP contribution in [-0.2, 0) is 13.0 Å². The van der Waals surface area contributed by atoms with E-state index in [0.29, 0.717) is 23.0 Å². The third kappa shape index (κ3) is 5.04. The lowest BCUT2D eigenvalue weighted by Gasteiger charge is -2.14. The number of carbonyl (C=O) groups excluding carboxylic acids is 1. The summed E-state index contributed by atoms with van der Waals surface area (Å²) in [5.74, 6) is -0.102. The molecule has 0 bridgehead atoms. The molecule has 0 fully saturated rings. The van der Waals surface area contributed by atoms with Crippen LogP contribution in [-0.4, -0.2) is 26.9 Å². The molecule has 4 rings (SSSR count). The number of amides is 1. The number of hydrogen-bond donors (Lipinski definition) is 1. The fraction of sp³-hybridized carbons (Fsp3) is 0.200. The van der Waals surface area contributed by atoms with E-state index in [1.807, 2.05) is 49.4 Å². The summed E-state index contributed by atoms with van der Waals surface area (Å²) < 4.78 is 1.34. The Morgan fingerprint density at radius 1 is 0.935 bits per heavy atom. The van der Waals surface area contributed by atoms with Crippen molar-refractivity contribution in [3.63, 3.8) is 0 Å². The lowest BCUT2D eigenvalue weighted by Crippen LogP contribution is -2.32. The molecule has 3 aromatic carbocycles. The molecular formula is C25H24N4O2. The lowest BCUT2D eigenvalue weighted by molar-refractivity contribution is 0.0938. The molecule has 1 atom stereocenters. The number of fused-ring (bicyclic) bond motifs is 1. The van der Waals surface area contributed by atoms with E-state index in [1.165, 1.54) is 10.2 Å². The van der Waals surface area contributed by atoms with E-state index in [9.17, 15) is 9.59 Å². The van der Waals surface area contributed by atoms with E-state index >= 15 is 0 Å². The summed E-state index contributed by atoms with van der Waals surface area (Å²) in [6.45, 7) is 2.31. The molecule has 0 unspecified atom stereocenters. The standard InChI is InChI=1S/C25H24N4O2/c1-18(11-12-19-7-3-2-4-8-19)26-24(30)21-15-13-20(14-16-21)17-29-25(31)22-9-5-6-10-23(22)27-28-29/h2-10,13-16,18H,11-12,17H2,1H3,(H,26,30)/t18-/m0/s1. The Morgan fingerprint density at radius 3 is 2.42 bits per heavy atom. The van der Waals surface area contributed by atoms with Crippen molar-refractivity contribution < 1.29 is 4.79 Å². The second-order valence-electron chi connectivity index (χ2n) is 7.67. The van der Waals surface area contributed by atoms with Crippen LogP contribution >= 0.6 is 0 Å². The van der Waals surface area contributed by atoms with Gasteiger partial charge in [-0.15, -0.1) is 5.10 Å². The van der Waals surface area contributed by atoms with Crippen LogP contribution in [0.3, 0.4) is 0 Å². The highest BCUT2D eigenvalue weighted by Crippen LogP contribution is 2.09. The Kier molecular flexibility index (Phi) is 6.17. The summed E-state index contributed by atoms with van der Waals surface area (Å²) in [5.41, 5.74) is 3.13. The van der Waals surface area contributed by atoms with Crippen LogP contribution in [0.25, 0.3) is 10.9 Å². The van der Waals surface area contributed by atoms with Crippen molar-refractivity contribution in [3.05, 3.63) is 106 Å². The Labute approximate surface area is 180 Å². The molecule has 0 saturated carbocycles. The van der Waals surface area contributed by atoms with E-state index in [2.05, 4.69) is 27.8 Å². The van der Waals surface area contributed by atoms with Crippen LogP contribution in [0.15, 0.2) is 83.7 Å². The first-order valence-corrected chi connectivity index (χ1v) is 10.4. The summed E-state index contributed by atoms with van der Waals surface area (Å²) >= 11 is 0. The van der Waals surface area contributed by atoms with E-state index in [0.717, 1.165) is 18.4 Å². The van der Waals surface area contributed by atoms with Gasteiger partial charge in [0.1, 0.15) is 5.52 Å². The van der Waals surface area contributed by atoms with Gasteiger partial charge in [0.05, 0.1) is 11.9 Å². The summed E-state index contributed by atoms with van der Waals surface area (Å²) in [4.78, 5) is 25.1. The Morgan fingerprint density at radius 2 is 1.65 bits per heavy atom. The molecule has 1 N–H and O–H groups in total. The van der Waals surface area contributed by atoms with Gasteiger partial charge in [0.15, 0.2) is 0 Å². The minimum atomic E-state index is -0.181. The maximum Gasteiger partial charge on any atom is 0.277 e. The van der Waals surface area contributed by atoms with Crippen LogP contribution in [0.5, 0.6) is 0 Å². The molecule has 0 radical (unpaired) electrons. The van der Waals surface area contributed by atoms with Crippen LogP contribution in [0.1, 0.15) is 34.8 Å². The zero-order valence-corrected chi connectivity index (χ0v) is 17.4. The number of carbonyl (C=O) groups is 1. The molecule has 0 saturated heterocycles. The first-order valence-electron chi connectivity index (χ1n) is 10.4. The lowest BCUT2D eigenvalue weighted by atomic mass is 10.1. The fourth-order valence-electron chi connectivity index (χ4n) is 3.47. The molecule has 31 heavy (non-hydrogen) atoms.